The average Bonchev–Trinajstić information content (AvgIpc) is 2.33. The van der Waals surface area contributed by atoms with Gasteiger partial charge in [-0.3, -0.25) is 9.59 Å². The van der Waals surface area contributed by atoms with Crippen molar-refractivity contribution in [1.29, 1.82) is 0 Å². The second kappa shape index (κ2) is 8.25. The lowest BCUT2D eigenvalue weighted by atomic mass is 10.0. The molecule has 1 rings (SSSR count). The molecule has 1 amide bonds. The Labute approximate surface area is 128 Å². The quantitative estimate of drug-likeness (QED) is 0.828. The molecule has 0 fully saturated rings. The van der Waals surface area contributed by atoms with Crippen LogP contribution in [0.4, 0.5) is 0 Å². The highest BCUT2D eigenvalue weighted by Crippen LogP contribution is 2.08. The van der Waals surface area contributed by atoms with E-state index in [4.69, 9.17) is 0 Å². The lowest BCUT2D eigenvalue weighted by molar-refractivity contribution is -0.122. The molecule has 0 saturated heterocycles. The smallest absolute Gasteiger partial charge is 0.251 e. The molecule has 1 aromatic rings. The maximum Gasteiger partial charge on any atom is 0.251 e. The Balaban J connectivity index is 2.43. The molecule has 20 heavy (non-hydrogen) atoms. The molecule has 112 valence electrons. The van der Waals surface area contributed by atoms with Crippen molar-refractivity contribution in [2.45, 2.75) is 52.6 Å². The van der Waals surface area contributed by atoms with Crippen LogP contribution >= 0.6 is 15.9 Å². The minimum absolute atomic E-state index is 0.0623. The Kier molecular flexibility index (Phi) is 6.99. The fourth-order valence-corrected chi connectivity index (χ4v) is 2.38. The van der Waals surface area contributed by atoms with E-state index in [0.29, 0.717) is 5.92 Å². The van der Waals surface area contributed by atoms with Gasteiger partial charge in [-0.1, -0.05) is 26.7 Å². The molecule has 1 heterocycles. The van der Waals surface area contributed by atoms with Crippen molar-refractivity contribution in [2.75, 3.05) is 0 Å². The van der Waals surface area contributed by atoms with Crippen molar-refractivity contribution >= 4 is 21.8 Å². The molecule has 0 aromatic carbocycles. The van der Waals surface area contributed by atoms with Gasteiger partial charge in [0, 0.05) is 22.8 Å². The standard InChI is InChI=1S/C15H23BrN2O2/c1-11(2)5-4-6-12(3)17-14(19)10-18-9-13(16)7-8-15(18)20/h7-9,11-12H,4-6,10H2,1-3H3,(H,17,19)/t12-/m1/s1. The molecule has 4 nitrogen and oxygen atoms in total. The van der Waals surface area contributed by atoms with Gasteiger partial charge in [0.1, 0.15) is 6.54 Å². The number of nitrogens with zero attached hydrogens (tertiary/aromatic N) is 1. The highest BCUT2D eigenvalue weighted by Gasteiger charge is 2.09. The number of rotatable bonds is 7. The fraction of sp³-hybridized carbons (Fsp3) is 0.600. The third-order valence-electron chi connectivity index (χ3n) is 3.09. The number of hydrogen-bond acceptors (Lipinski definition) is 2. The predicted molar refractivity (Wildman–Crippen MR) is 84.7 cm³/mol. The largest absolute Gasteiger partial charge is 0.352 e. The topological polar surface area (TPSA) is 51.1 Å². The van der Waals surface area contributed by atoms with Gasteiger partial charge in [0.05, 0.1) is 0 Å². The molecule has 1 N–H and O–H groups in total. The van der Waals surface area contributed by atoms with Crippen LogP contribution in [0.15, 0.2) is 27.6 Å². The maximum atomic E-state index is 11.9. The van der Waals surface area contributed by atoms with Crippen LogP contribution in [0.2, 0.25) is 0 Å². The van der Waals surface area contributed by atoms with Crippen molar-refractivity contribution in [3.05, 3.63) is 33.2 Å². The summed E-state index contributed by atoms with van der Waals surface area (Å²) in [6, 6.07) is 3.26. The third kappa shape index (κ3) is 6.37. The summed E-state index contributed by atoms with van der Waals surface area (Å²) >= 11 is 3.29. The Bertz CT molecular complexity index is 497. The summed E-state index contributed by atoms with van der Waals surface area (Å²) in [5, 5.41) is 2.93. The van der Waals surface area contributed by atoms with Crippen molar-refractivity contribution < 1.29 is 4.79 Å². The molecular weight excluding hydrogens is 320 g/mol. The van der Waals surface area contributed by atoms with Gasteiger partial charge in [0.15, 0.2) is 0 Å². The number of carbonyl (C=O) groups is 1. The van der Waals surface area contributed by atoms with Crippen LogP contribution in [0.3, 0.4) is 0 Å². The van der Waals surface area contributed by atoms with E-state index in [1.165, 1.54) is 17.1 Å². The van der Waals surface area contributed by atoms with Crippen molar-refractivity contribution in [2.24, 2.45) is 5.92 Å². The summed E-state index contributed by atoms with van der Waals surface area (Å²) in [6.07, 6.45) is 4.88. The number of hydrogen-bond donors (Lipinski definition) is 1. The van der Waals surface area contributed by atoms with E-state index in [0.717, 1.165) is 17.3 Å². The van der Waals surface area contributed by atoms with Crippen LogP contribution in [-0.2, 0) is 11.3 Å². The zero-order valence-corrected chi connectivity index (χ0v) is 13.9. The van der Waals surface area contributed by atoms with E-state index in [1.54, 1.807) is 12.3 Å². The van der Waals surface area contributed by atoms with Gasteiger partial charge in [-0.05, 0) is 41.3 Å². The molecule has 1 atom stereocenters. The lowest BCUT2D eigenvalue weighted by Gasteiger charge is -2.15. The molecule has 0 aliphatic carbocycles. The monoisotopic (exact) mass is 342 g/mol. The molecule has 0 aliphatic rings. The maximum absolute atomic E-state index is 11.9. The zero-order chi connectivity index (χ0) is 15.1. The fourth-order valence-electron chi connectivity index (χ4n) is 2.01. The molecule has 0 unspecified atom stereocenters. The van der Waals surface area contributed by atoms with Crippen LogP contribution in [0.5, 0.6) is 0 Å². The first kappa shape index (κ1) is 17.0. The van der Waals surface area contributed by atoms with E-state index in [9.17, 15) is 9.59 Å². The summed E-state index contributed by atoms with van der Waals surface area (Å²) in [7, 11) is 0. The van der Waals surface area contributed by atoms with Crippen molar-refractivity contribution in [1.82, 2.24) is 9.88 Å². The lowest BCUT2D eigenvalue weighted by Crippen LogP contribution is -2.37. The van der Waals surface area contributed by atoms with Crippen LogP contribution in [0.25, 0.3) is 0 Å². The first-order valence-corrected chi connectivity index (χ1v) is 7.83. The van der Waals surface area contributed by atoms with E-state index < -0.39 is 0 Å². The number of aromatic nitrogens is 1. The van der Waals surface area contributed by atoms with E-state index in [2.05, 4.69) is 35.1 Å². The normalized spacial score (nSPS) is 12.4. The Morgan fingerprint density at radius 3 is 2.65 bits per heavy atom. The number of pyridine rings is 1. The molecule has 0 bridgehead atoms. The Morgan fingerprint density at radius 2 is 2.00 bits per heavy atom. The first-order chi connectivity index (χ1) is 9.38. The minimum Gasteiger partial charge on any atom is -0.352 e. The first-order valence-electron chi connectivity index (χ1n) is 7.04. The molecule has 1 aromatic heterocycles. The highest BCUT2D eigenvalue weighted by atomic mass is 79.9. The predicted octanol–water partition coefficient (Wildman–Crippen LogP) is 2.94. The van der Waals surface area contributed by atoms with Gasteiger partial charge in [-0.2, -0.15) is 0 Å². The molecule has 0 saturated carbocycles. The SMILES string of the molecule is CC(C)CCC[C@@H](C)NC(=O)Cn1cc(Br)ccc1=O. The van der Waals surface area contributed by atoms with Crippen molar-refractivity contribution in [3.8, 4) is 0 Å². The number of halogens is 1. The van der Waals surface area contributed by atoms with Gasteiger partial charge in [0.2, 0.25) is 5.91 Å². The second-order valence-electron chi connectivity index (χ2n) is 5.61. The Morgan fingerprint density at radius 1 is 1.30 bits per heavy atom. The molecule has 0 radical (unpaired) electrons. The second-order valence-corrected chi connectivity index (χ2v) is 6.52. The summed E-state index contributed by atoms with van der Waals surface area (Å²) in [6.45, 7) is 6.46. The molecule has 0 aliphatic heterocycles. The third-order valence-corrected chi connectivity index (χ3v) is 3.56. The Hall–Kier alpha value is -1.10. The van der Waals surface area contributed by atoms with Crippen molar-refractivity contribution in [3.63, 3.8) is 0 Å². The van der Waals surface area contributed by atoms with Gasteiger partial charge in [0.25, 0.3) is 5.56 Å². The van der Waals surface area contributed by atoms with Crippen LogP contribution in [-0.4, -0.2) is 16.5 Å². The summed E-state index contributed by atoms with van der Waals surface area (Å²) in [5.41, 5.74) is -0.171. The van der Waals surface area contributed by atoms with Crippen LogP contribution < -0.4 is 10.9 Å². The number of amides is 1. The van der Waals surface area contributed by atoms with Crippen LogP contribution in [0, 0.1) is 5.92 Å². The minimum atomic E-state index is -0.171. The summed E-state index contributed by atoms with van der Waals surface area (Å²) in [5.74, 6) is 0.570. The highest BCUT2D eigenvalue weighted by molar-refractivity contribution is 9.10. The average molecular weight is 343 g/mol. The van der Waals surface area contributed by atoms with Gasteiger partial charge < -0.3 is 9.88 Å². The summed E-state index contributed by atoms with van der Waals surface area (Å²) in [4.78, 5) is 23.5. The van der Waals surface area contributed by atoms with Gasteiger partial charge >= 0.3 is 0 Å². The van der Waals surface area contributed by atoms with Gasteiger partial charge in [-0.15, -0.1) is 0 Å². The van der Waals surface area contributed by atoms with E-state index >= 15 is 0 Å². The molecule has 5 heteroatoms. The van der Waals surface area contributed by atoms with E-state index in [1.807, 2.05) is 6.92 Å². The number of nitrogens with one attached hydrogen (secondary N) is 1. The molecule has 0 spiro atoms. The van der Waals surface area contributed by atoms with E-state index in [-0.39, 0.29) is 24.1 Å². The van der Waals surface area contributed by atoms with Gasteiger partial charge in [-0.25, -0.2) is 0 Å². The molecular formula is C15H23BrN2O2. The van der Waals surface area contributed by atoms with Crippen LogP contribution in [0.1, 0.15) is 40.0 Å². The summed E-state index contributed by atoms with van der Waals surface area (Å²) < 4.78 is 2.19. The number of carbonyl (C=O) groups excluding carboxylic acids is 1. The zero-order valence-electron chi connectivity index (χ0n) is 12.4.